The molecule has 51 heavy (non-hydrogen) atoms. The Kier molecular flexibility index (Phi) is 7.47. The van der Waals surface area contributed by atoms with E-state index >= 15 is 0 Å². The highest BCUT2D eigenvalue weighted by Gasteiger charge is 2.37. The van der Waals surface area contributed by atoms with Gasteiger partial charge < -0.3 is 9.80 Å². The van der Waals surface area contributed by atoms with E-state index in [9.17, 15) is 0 Å². The average Bonchev–Trinajstić information content (AvgIpc) is 3.11. The van der Waals surface area contributed by atoms with E-state index in [1.807, 2.05) is 0 Å². The molecule has 0 aliphatic carbocycles. The minimum atomic E-state index is -0.129. The van der Waals surface area contributed by atoms with Crippen molar-refractivity contribution in [3.8, 4) is 11.1 Å². The molecule has 0 spiro atoms. The molecule has 0 unspecified atom stereocenters. The lowest BCUT2D eigenvalue weighted by atomic mass is 9.71. The Hall–Kier alpha value is -5.34. The molecule has 2 aliphatic heterocycles. The molecule has 6 aromatic carbocycles. The monoisotopic (exact) mass is 664 g/mol. The molecule has 0 aromatic heterocycles. The maximum Gasteiger partial charge on any atom is 0.0540 e. The Morgan fingerprint density at radius 3 is 1.57 bits per heavy atom. The molecule has 0 amide bonds. The van der Waals surface area contributed by atoms with Crippen molar-refractivity contribution in [1.82, 2.24) is 0 Å². The second-order valence-corrected chi connectivity index (χ2v) is 16.9. The quantitative estimate of drug-likeness (QED) is 0.185. The molecule has 8 rings (SSSR count). The zero-order chi connectivity index (χ0) is 35.9. The normalized spacial score (nSPS) is 14.8. The summed E-state index contributed by atoms with van der Waals surface area (Å²) in [6.07, 6.45) is 0. The summed E-state index contributed by atoms with van der Waals surface area (Å²) in [5.41, 5.74) is 18.2. The second kappa shape index (κ2) is 11.6. The molecule has 0 atom stereocenters. The van der Waals surface area contributed by atoms with E-state index in [2.05, 4.69) is 205 Å². The third-order valence-electron chi connectivity index (χ3n) is 11.0. The predicted octanol–water partition coefficient (Wildman–Crippen LogP) is 13.9. The van der Waals surface area contributed by atoms with Gasteiger partial charge in [-0.25, -0.2) is 0 Å². The number of nitrogens with zero attached hydrogens (tertiary/aromatic N) is 2. The summed E-state index contributed by atoms with van der Waals surface area (Å²) in [6, 6.07) is 49.6. The van der Waals surface area contributed by atoms with Crippen molar-refractivity contribution < 1.29 is 0 Å². The molecule has 0 fully saturated rings. The van der Waals surface area contributed by atoms with Gasteiger partial charge in [-0.15, -0.1) is 0 Å². The molecule has 2 aliphatic rings. The van der Waals surface area contributed by atoms with Crippen LogP contribution in [0.25, 0.3) is 16.7 Å². The van der Waals surface area contributed by atoms with Crippen molar-refractivity contribution in [2.45, 2.75) is 71.6 Å². The standard InChI is InChI=1S/C49H48N2/c1-32-39-20-10-12-22-43(39)50(44-26-24-35(30-40(32)44)47(2,3)4)37-18-14-16-33(28-37)34-17-15-19-38(29-34)51-45-23-13-11-21-41(45)49(8,9)42-31-36(48(5,6)7)25-27-46(42)51/h10-31H,1H2,2-9H3. The van der Waals surface area contributed by atoms with Crippen molar-refractivity contribution in [2.75, 3.05) is 9.80 Å². The van der Waals surface area contributed by atoms with Crippen LogP contribution in [0.5, 0.6) is 0 Å². The maximum absolute atomic E-state index is 4.59. The predicted molar refractivity (Wildman–Crippen MR) is 219 cm³/mol. The molecule has 0 N–H and O–H groups in total. The fraction of sp³-hybridized carbons (Fsp3) is 0.224. The van der Waals surface area contributed by atoms with E-state index in [1.54, 1.807) is 0 Å². The van der Waals surface area contributed by atoms with Gasteiger partial charge in [0.2, 0.25) is 0 Å². The van der Waals surface area contributed by atoms with Crippen molar-refractivity contribution in [3.63, 3.8) is 0 Å². The molecule has 2 heteroatoms. The highest BCUT2D eigenvalue weighted by atomic mass is 15.2. The Bertz CT molecular complexity index is 2340. The summed E-state index contributed by atoms with van der Waals surface area (Å²) >= 11 is 0. The van der Waals surface area contributed by atoms with Crippen LogP contribution < -0.4 is 9.80 Å². The van der Waals surface area contributed by atoms with Crippen LogP contribution in [0.2, 0.25) is 0 Å². The van der Waals surface area contributed by atoms with E-state index in [0.717, 1.165) is 28.3 Å². The van der Waals surface area contributed by atoms with Crippen LogP contribution in [-0.4, -0.2) is 0 Å². The lowest BCUT2D eigenvalue weighted by Crippen LogP contribution is -2.31. The first-order valence-corrected chi connectivity index (χ1v) is 18.2. The van der Waals surface area contributed by atoms with E-state index in [-0.39, 0.29) is 16.2 Å². The van der Waals surface area contributed by atoms with Crippen molar-refractivity contribution in [3.05, 3.63) is 173 Å². The van der Waals surface area contributed by atoms with Gasteiger partial charge in [0.1, 0.15) is 0 Å². The maximum atomic E-state index is 4.59. The smallest absolute Gasteiger partial charge is 0.0540 e. The van der Waals surface area contributed by atoms with Crippen LogP contribution in [-0.2, 0) is 16.2 Å². The van der Waals surface area contributed by atoms with Gasteiger partial charge in [0, 0.05) is 27.9 Å². The number of fused-ring (bicyclic) bond motifs is 4. The SMILES string of the molecule is C=C1c2ccccc2N(c2cccc(-c3cccc(N4c5ccccc5C(C)(C)c5cc(C(C)(C)C)ccc54)c3)c2)c2ccc(C(C)(C)C)cc21. The summed E-state index contributed by atoms with van der Waals surface area (Å²) in [6.45, 7) is 23.0. The van der Waals surface area contributed by atoms with E-state index in [4.69, 9.17) is 0 Å². The van der Waals surface area contributed by atoms with E-state index in [1.165, 1.54) is 55.9 Å². The van der Waals surface area contributed by atoms with Crippen LogP contribution in [0.3, 0.4) is 0 Å². The molecule has 254 valence electrons. The fourth-order valence-electron chi connectivity index (χ4n) is 8.01. The van der Waals surface area contributed by atoms with Gasteiger partial charge in [-0.05, 0) is 104 Å². The Labute approximate surface area is 304 Å². The van der Waals surface area contributed by atoms with Gasteiger partial charge >= 0.3 is 0 Å². The van der Waals surface area contributed by atoms with Crippen LogP contribution in [0.4, 0.5) is 34.1 Å². The van der Waals surface area contributed by atoms with Gasteiger partial charge in [0.15, 0.2) is 0 Å². The fourth-order valence-corrected chi connectivity index (χ4v) is 8.01. The van der Waals surface area contributed by atoms with Crippen LogP contribution in [0.1, 0.15) is 88.8 Å². The number of anilines is 6. The molecule has 2 nitrogen and oxygen atoms in total. The lowest BCUT2D eigenvalue weighted by Gasteiger charge is -2.42. The van der Waals surface area contributed by atoms with Crippen LogP contribution in [0.15, 0.2) is 140 Å². The van der Waals surface area contributed by atoms with Gasteiger partial charge in [-0.3, -0.25) is 0 Å². The number of para-hydroxylation sites is 2. The number of benzene rings is 6. The Morgan fingerprint density at radius 2 is 0.941 bits per heavy atom. The Morgan fingerprint density at radius 1 is 0.451 bits per heavy atom. The molecule has 0 bridgehead atoms. The summed E-state index contributed by atoms with van der Waals surface area (Å²) in [5, 5.41) is 0. The van der Waals surface area contributed by atoms with Crippen molar-refractivity contribution in [1.29, 1.82) is 0 Å². The average molecular weight is 665 g/mol. The van der Waals surface area contributed by atoms with E-state index in [0.29, 0.717) is 0 Å². The zero-order valence-corrected chi connectivity index (χ0v) is 31.3. The van der Waals surface area contributed by atoms with E-state index < -0.39 is 0 Å². The molecule has 2 heterocycles. The molecular weight excluding hydrogens is 617 g/mol. The molecule has 0 saturated heterocycles. The summed E-state index contributed by atoms with van der Waals surface area (Å²) in [5.74, 6) is 0. The van der Waals surface area contributed by atoms with Crippen molar-refractivity contribution in [2.24, 2.45) is 0 Å². The zero-order valence-electron chi connectivity index (χ0n) is 31.3. The van der Waals surface area contributed by atoms with Crippen LogP contribution in [0, 0.1) is 0 Å². The number of rotatable bonds is 3. The minimum absolute atomic E-state index is 0.0437. The third-order valence-corrected chi connectivity index (χ3v) is 11.0. The second-order valence-electron chi connectivity index (χ2n) is 16.9. The topological polar surface area (TPSA) is 6.48 Å². The molecular formula is C49H48N2. The highest BCUT2D eigenvalue weighted by molar-refractivity contribution is 6.01. The highest BCUT2D eigenvalue weighted by Crippen LogP contribution is 2.53. The van der Waals surface area contributed by atoms with Gasteiger partial charge in [-0.2, -0.15) is 0 Å². The van der Waals surface area contributed by atoms with Gasteiger partial charge in [0.05, 0.1) is 22.7 Å². The van der Waals surface area contributed by atoms with Gasteiger partial charge in [0.25, 0.3) is 0 Å². The first kappa shape index (κ1) is 32.8. The Balaban J connectivity index is 1.25. The van der Waals surface area contributed by atoms with Crippen molar-refractivity contribution >= 4 is 39.7 Å². The minimum Gasteiger partial charge on any atom is -0.310 e. The van der Waals surface area contributed by atoms with Gasteiger partial charge in [-0.1, -0.05) is 141 Å². The first-order valence-electron chi connectivity index (χ1n) is 18.2. The third kappa shape index (κ3) is 5.40. The largest absolute Gasteiger partial charge is 0.310 e. The molecule has 0 saturated carbocycles. The molecule has 0 radical (unpaired) electrons. The van der Waals surface area contributed by atoms with Crippen LogP contribution >= 0.6 is 0 Å². The first-order chi connectivity index (χ1) is 24.2. The number of hydrogen-bond acceptors (Lipinski definition) is 2. The number of hydrogen-bond donors (Lipinski definition) is 0. The summed E-state index contributed by atoms with van der Waals surface area (Å²) in [4.78, 5) is 4.87. The molecule has 6 aromatic rings. The lowest BCUT2D eigenvalue weighted by molar-refractivity contribution is 0.580. The summed E-state index contributed by atoms with van der Waals surface area (Å²) < 4.78 is 0. The summed E-state index contributed by atoms with van der Waals surface area (Å²) in [7, 11) is 0.